The number of anilines is 1. The molecule has 0 spiro atoms. The van der Waals surface area contributed by atoms with E-state index < -0.39 is 12.6 Å². The molecule has 3 rings (SSSR count). The van der Waals surface area contributed by atoms with Gasteiger partial charge in [0, 0.05) is 18.8 Å². The fraction of sp³-hybridized carbons (Fsp3) is 0.647. The van der Waals surface area contributed by atoms with Crippen LogP contribution in [0.25, 0.3) is 0 Å². The van der Waals surface area contributed by atoms with E-state index in [1.165, 1.54) is 0 Å². The average molecular weight is 388 g/mol. The van der Waals surface area contributed by atoms with Gasteiger partial charge in [-0.3, -0.25) is 4.57 Å². The fourth-order valence-electron chi connectivity index (χ4n) is 3.40. The molecule has 3 heterocycles. The summed E-state index contributed by atoms with van der Waals surface area (Å²) >= 11 is 1.08. The van der Waals surface area contributed by atoms with E-state index >= 15 is 0 Å². The van der Waals surface area contributed by atoms with E-state index in [9.17, 15) is 13.2 Å². The smallest absolute Gasteiger partial charge is 0.389 e. The van der Waals surface area contributed by atoms with Gasteiger partial charge in [0.05, 0.1) is 19.2 Å². The molecule has 0 saturated carbocycles. The second-order valence-corrected chi connectivity index (χ2v) is 8.07. The zero-order chi connectivity index (χ0) is 18.7. The Morgan fingerprint density at radius 3 is 2.58 bits per heavy atom. The first kappa shape index (κ1) is 19.1. The number of furan rings is 1. The second kappa shape index (κ2) is 7.94. The van der Waals surface area contributed by atoms with Crippen molar-refractivity contribution < 1.29 is 17.6 Å². The molecule has 1 fully saturated rings. The summed E-state index contributed by atoms with van der Waals surface area (Å²) in [6, 6.07) is 3.64. The third-order valence-electron chi connectivity index (χ3n) is 4.36. The number of aromatic nitrogens is 3. The van der Waals surface area contributed by atoms with Crippen molar-refractivity contribution in [2.24, 2.45) is 11.8 Å². The molecule has 2 atom stereocenters. The van der Waals surface area contributed by atoms with Crippen LogP contribution in [0.4, 0.5) is 19.1 Å². The highest BCUT2D eigenvalue weighted by atomic mass is 32.2. The van der Waals surface area contributed by atoms with Crippen molar-refractivity contribution in [3.63, 3.8) is 0 Å². The number of rotatable bonds is 6. The first-order chi connectivity index (χ1) is 12.3. The molecule has 1 saturated heterocycles. The Kier molecular flexibility index (Phi) is 5.84. The van der Waals surface area contributed by atoms with E-state index in [1.54, 1.807) is 12.3 Å². The molecular formula is C17H23F3N4OS. The lowest BCUT2D eigenvalue weighted by atomic mass is 9.92. The number of thioether (sulfide) groups is 1. The summed E-state index contributed by atoms with van der Waals surface area (Å²) in [5.74, 6) is 2.42. The molecule has 0 bridgehead atoms. The minimum absolute atomic E-state index is 0.0768. The molecule has 5 nitrogen and oxygen atoms in total. The Labute approximate surface area is 154 Å². The number of halogens is 3. The van der Waals surface area contributed by atoms with Gasteiger partial charge in [0.1, 0.15) is 5.76 Å². The van der Waals surface area contributed by atoms with Crippen LogP contribution in [0.2, 0.25) is 0 Å². The lowest BCUT2D eigenvalue weighted by Gasteiger charge is -2.35. The summed E-state index contributed by atoms with van der Waals surface area (Å²) in [6.07, 6.45) is -2.27. The lowest BCUT2D eigenvalue weighted by molar-refractivity contribution is -0.129. The third kappa shape index (κ3) is 4.96. The Balaban J connectivity index is 1.81. The van der Waals surface area contributed by atoms with E-state index in [1.807, 2.05) is 10.6 Å². The summed E-state index contributed by atoms with van der Waals surface area (Å²) < 4.78 is 44.7. The van der Waals surface area contributed by atoms with Gasteiger partial charge in [0.25, 0.3) is 0 Å². The predicted molar refractivity (Wildman–Crippen MR) is 94.4 cm³/mol. The van der Waals surface area contributed by atoms with E-state index in [2.05, 4.69) is 28.9 Å². The molecule has 0 N–H and O–H groups in total. The fourth-order valence-corrected chi connectivity index (χ4v) is 4.32. The second-order valence-electron chi connectivity index (χ2n) is 7.01. The van der Waals surface area contributed by atoms with Crippen LogP contribution in [0, 0.1) is 11.8 Å². The topological polar surface area (TPSA) is 47.1 Å². The number of hydrogen-bond donors (Lipinski definition) is 0. The molecular weight excluding hydrogens is 365 g/mol. The molecule has 1 aliphatic rings. The Morgan fingerprint density at radius 1 is 1.23 bits per heavy atom. The van der Waals surface area contributed by atoms with Gasteiger partial charge in [0.15, 0.2) is 5.16 Å². The standard InChI is InChI=1S/C17H23F3N4OS/c1-12-8-13(2)10-23(9-12)15-21-22-16(26-7-5-17(18,19)20)24(15)11-14-4-3-6-25-14/h3-4,6,12-13H,5,7-11H2,1-2H3. The molecule has 26 heavy (non-hydrogen) atoms. The Morgan fingerprint density at radius 2 is 1.96 bits per heavy atom. The zero-order valence-electron chi connectivity index (χ0n) is 14.9. The van der Waals surface area contributed by atoms with Crippen LogP contribution in [0.15, 0.2) is 28.0 Å². The molecule has 1 aliphatic heterocycles. The van der Waals surface area contributed by atoms with E-state index in [4.69, 9.17) is 4.42 Å². The van der Waals surface area contributed by atoms with Crippen LogP contribution < -0.4 is 4.90 Å². The third-order valence-corrected chi connectivity index (χ3v) is 5.33. The number of nitrogens with zero attached hydrogens (tertiary/aromatic N) is 4. The molecule has 144 valence electrons. The van der Waals surface area contributed by atoms with Crippen LogP contribution in [0.1, 0.15) is 32.4 Å². The Hall–Kier alpha value is -1.64. The summed E-state index contributed by atoms with van der Waals surface area (Å²) in [5, 5.41) is 8.96. The molecule has 0 aliphatic carbocycles. The maximum absolute atomic E-state index is 12.5. The molecule has 2 aromatic rings. The zero-order valence-corrected chi connectivity index (χ0v) is 15.7. The van der Waals surface area contributed by atoms with Crippen molar-refractivity contribution in [2.45, 2.75) is 44.6 Å². The highest BCUT2D eigenvalue weighted by molar-refractivity contribution is 7.99. The van der Waals surface area contributed by atoms with E-state index in [0.717, 1.165) is 37.0 Å². The maximum Gasteiger partial charge on any atom is 0.389 e. The minimum atomic E-state index is -4.17. The highest BCUT2D eigenvalue weighted by Gasteiger charge is 2.29. The predicted octanol–water partition coefficient (Wildman–Crippen LogP) is 4.45. The summed E-state index contributed by atoms with van der Waals surface area (Å²) in [5.41, 5.74) is 0. The van der Waals surface area contributed by atoms with Crippen molar-refractivity contribution in [2.75, 3.05) is 23.7 Å². The molecule has 0 aromatic carbocycles. The molecule has 2 aromatic heterocycles. The van der Waals surface area contributed by atoms with Crippen molar-refractivity contribution in [3.8, 4) is 0 Å². The largest absolute Gasteiger partial charge is 0.467 e. The molecule has 9 heteroatoms. The van der Waals surface area contributed by atoms with Crippen molar-refractivity contribution in [1.29, 1.82) is 0 Å². The van der Waals surface area contributed by atoms with Crippen LogP contribution in [0.3, 0.4) is 0 Å². The SMILES string of the molecule is CC1CC(C)CN(c2nnc(SCCC(F)(F)F)n2Cc2ccco2)C1. The van der Waals surface area contributed by atoms with Crippen LogP contribution >= 0.6 is 11.8 Å². The molecule has 2 unspecified atom stereocenters. The van der Waals surface area contributed by atoms with Crippen molar-refractivity contribution >= 4 is 17.7 Å². The van der Waals surface area contributed by atoms with Gasteiger partial charge in [-0.15, -0.1) is 10.2 Å². The quantitative estimate of drug-likeness (QED) is 0.685. The highest BCUT2D eigenvalue weighted by Crippen LogP contribution is 2.30. The monoisotopic (exact) mass is 388 g/mol. The minimum Gasteiger partial charge on any atom is -0.467 e. The van der Waals surface area contributed by atoms with Crippen molar-refractivity contribution in [3.05, 3.63) is 24.2 Å². The summed E-state index contributed by atoms with van der Waals surface area (Å²) in [4.78, 5) is 2.18. The first-order valence-corrected chi connectivity index (χ1v) is 9.70. The lowest BCUT2D eigenvalue weighted by Crippen LogP contribution is -2.40. The maximum atomic E-state index is 12.5. The normalized spacial score (nSPS) is 21.3. The van der Waals surface area contributed by atoms with Gasteiger partial charge in [-0.25, -0.2) is 0 Å². The Bertz CT molecular complexity index is 691. The first-order valence-electron chi connectivity index (χ1n) is 8.72. The number of hydrogen-bond acceptors (Lipinski definition) is 5. The van der Waals surface area contributed by atoms with Crippen LogP contribution in [0.5, 0.6) is 0 Å². The molecule has 0 amide bonds. The average Bonchev–Trinajstić information content (AvgIpc) is 3.16. The van der Waals surface area contributed by atoms with Gasteiger partial charge >= 0.3 is 6.18 Å². The van der Waals surface area contributed by atoms with Crippen molar-refractivity contribution in [1.82, 2.24) is 14.8 Å². The van der Waals surface area contributed by atoms with Gasteiger partial charge in [-0.1, -0.05) is 25.6 Å². The van der Waals surface area contributed by atoms with Crippen LogP contribution in [-0.2, 0) is 6.54 Å². The summed E-state index contributed by atoms with van der Waals surface area (Å²) in [6.45, 7) is 6.55. The van der Waals surface area contributed by atoms with E-state index in [-0.39, 0.29) is 5.75 Å². The van der Waals surface area contributed by atoms with Gasteiger partial charge in [-0.2, -0.15) is 13.2 Å². The van der Waals surface area contributed by atoms with Gasteiger partial charge < -0.3 is 9.32 Å². The number of piperidine rings is 1. The van der Waals surface area contributed by atoms with Crippen LogP contribution in [-0.4, -0.2) is 39.8 Å². The molecule has 0 radical (unpaired) electrons. The van der Waals surface area contributed by atoms with E-state index in [0.29, 0.717) is 29.5 Å². The summed E-state index contributed by atoms with van der Waals surface area (Å²) in [7, 11) is 0. The van der Waals surface area contributed by atoms with Gasteiger partial charge in [-0.05, 0) is 30.4 Å². The van der Waals surface area contributed by atoms with Gasteiger partial charge in [0.2, 0.25) is 5.95 Å². The number of alkyl halides is 3.